The van der Waals surface area contributed by atoms with Gasteiger partial charge in [-0.25, -0.2) is 0 Å². The molecule has 0 amide bonds. The van der Waals surface area contributed by atoms with E-state index in [1.807, 2.05) is 48.5 Å². The Morgan fingerprint density at radius 3 is 1.15 bits per heavy atom. The molecule has 9 heteroatoms. The lowest BCUT2D eigenvalue weighted by Gasteiger charge is -2.20. The third-order valence-corrected chi connectivity index (χ3v) is 15.7. The molecule has 4 heterocycles. The van der Waals surface area contributed by atoms with Crippen molar-refractivity contribution in [3.8, 4) is 57.1 Å². The van der Waals surface area contributed by atoms with Crippen molar-refractivity contribution in [2.75, 3.05) is 0 Å². The van der Waals surface area contributed by atoms with E-state index in [-0.39, 0.29) is 16.7 Å². The number of halogens is 3. The Balaban J connectivity index is 0.977. The molecule has 15 rings (SSSR count). The number of hydrogen-bond donors (Lipinski definition) is 0. The summed E-state index contributed by atoms with van der Waals surface area (Å²) in [5.74, 6) is 0. The van der Waals surface area contributed by atoms with Crippen LogP contribution in [-0.2, 0) is 6.18 Å². The van der Waals surface area contributed by atoms with Gasteiger partial charge in [0, 0.05) is 71.3 Å². The van der Waals surface area contributed by atoms with Gasteiger partial charge in [0.2, 0.25) is 0 Å². The topological polar surface area (TPSA) is 67.3 Å². The van der Waals surface area contributed by atoms with Gasteiger partial charge < -0.3 is 18.3 Å². The van der Waals surface area contributed by atoms with E-state index in [9.17, 15) is 10.5 Å². The smallest absolute Gasteiger partial charge is 0.309 e. The van der Waals surface area contributed by atoms with Crippen molar-refractivity contribution in [2.24, 2.45) is 0 Å². The molecule has 0 radical (unpaired) electrons. The van der Waals surface area contributed by atoms with Crippen LogP contribution in [0.2, 0.25) is 0 Å². The van der Waals surface area contributed by atoms with Crippen molar-refractivity contribution >= 4 is 87.2 Å². The maximum Gasteiger partial charge on any atom is 0.417 e. The normalized spacial score (nSPS) is 12.0. The van der Waals surface area contributed by atoms with Crippen LogP contribution in [0.15, 0.2) is 237 Å². The molecule has 0 fully saturated rings. The van der Waals surface area contributed by atoms with Crippen LogP contribution >= 0.6 is 0 Å². The standard InChI is InChI=1S/C69H39F3N6/c70-69(71,72)59-35-42(40-73)25-31-48(59)43-27-32-67(78-65-24-12-6-18-54(65)58-39-47(30-34-68(58)78)76-62-21-9-3-15-51(62)52-16-4-10-22-63(52)76)56(36-43)55-37-45(28-26-44(55)41-74)77-64-23-11-5-17-53(64)57-38-46(29-33-66(57)77)75-60-19-7-1-13-49(60)50-14-2-8-20-61(50)75/h1-39H. The van der Waals surface area contributed by atoms with Gasteiger partial charge in [-0.2, -0.15) is 23.7 Å². The van der Waals surface area contributed by atoms with E-state index < -0.39 is 11.7 Å². The molecule has 0 saturated heterocycles. The number of para-hydroxylation sites is 6. The van der Waals surface area contributed by atoms with Crippen LogP contribution in [0, 0.1) is 22.7 Å². The van der Waals surface area contributed by atoms with Gasteiger partial charge in [-0.05, 0) is 126 Å². The fourth-order valence-corrected chi connectivity index (χ4v) is 12.3. The van der Waals surface area contributed by atoms with Crippen molar-refractivity contribution < 1.29 is 13.2 Å². The first kappa shape index (κ1) is 44.8. The predicted molar refractivity (Wildman–Crippen MR) is 309 cm³/mol. The van der Waals surface area contributed by atoms with Crippen molar-refractivity contribution in [2.45, 2.75) is 6.18 Å². The van der Waals surface area contributed by atoms with Crippen LogP contribution in [-0.4, -0.2) is 18.3 Å². The third-order valence-electron chi connectivity index (χ3n) is 15.7. The van der Waals surface area contributed by atoms with Crippen LogP contribution in [0.25, 0.3) is 132 Å². The summed E-state index contributed by atoms with van der Waals surface area (Å²) in [4.78, 5) is 0. The predicted octanol–water partition coefficient (Wildman–Crippen LogP) is 18.2. The molecule has 0 atom stereocenters. The van der Waals surface area contributed by atoms with Crippen LogP contribution in [0.1, 0.15) is 16.7 Å². The Morgan fingerprint density at radius 1 is 0.308 bits per heavy atom. The minimum atomic E-state index is -4.77. The molecule has 0 spiro atoms. The first-order valence-electron chi connectivity index (χ1n) is 25.6. The van der Waals surface area contributed by atoms with E-state index in [0.717, 1.165) is 99.6 Å². The highest BCUT2D eigenvalue weighted by molar-refractivity contribution is 6.14. The average Bonchev–Trinajstić information content (AvgIpc) is 4.29. The summed E-state index contributed by atoms with van der Waals surface area (Å²) >= 11 is 0. The maximum atomic E-state index is 15.1. The van der Waals surface area contributed by atoms with E-state index in [1.54, 1.807) is 18.2 Å². The SMILES string of the molecule is N#Cc1ccc(-c2ccc(-n3c4ccccc4c4cc(-n5c6ccccc6c6ccccc65)ccc43)c(-c3cc(-n4c5ccccc5c5cc(-n6c7ccccc7c7ccccc76)ccc54)ccc3C#N)c2)c(C(F)(F)F)c1. The molecule has 0 bridgehead atoms. The molecule has 15 aromatic rings. The summed E-state index contributed by atoms with van der Waals surface area (Å²) in [5, 5.41) is 29.5. The van der Waals surface area contributed by atoms with Gasteiger partial charge >= 0.3 is 6.18 Å². The summed E-state index contributed by atoms with van der Waals surface area (Å²) in [6.07, 6.45) is -4.77. The molecule has 0 aliphatic rings. The fraction of sp³-hybridized carbons (Fsp3) is 0.0145. The first-order chi connectivity index (χ1) is 38.2. The summed E-state index contributed by atoms with van der Waals surface area (Å²) < 4.78 is 54.2. The number of hydrogen-bond acceptors (Lipinski definition) is 2. The van der Waals surface area contributed by atoms with Crippen molar-refractivity contribution in [1.29, 1.82) is 10.5 Å². The van der Waals surface area contributed by atoms with Crippen LogP contribution in [0.3, 0.4) is 0 Å². The highest BCUT2D eigenvalue weighted by atomic mass is 19.4. The summed E-state index contributed by atoms with van der Waals surface area (Å²) in [7, 11) is 0. The molecule has 4 aromatic heterocycles. The van der Waals surface area contributed by atoms with Crippen LogP contribution in [0.4, 0.5) is 13.2 Å². The number of fused-ring (bicyclic) bond motifs is 12. The van der Waals surface area contributed by atoms with Gasteiger partial charge in [0.1, 0.15) is 0 Å². The zero-order valence-electron chi connectivity index (χ0n) is 41.3. The molecule has 0 saturated carbocycles. The Hall–Kier alpha value is -10.6. The molecular formula is C69H39F3N6. The summed E-state index contributed by atoms with van der Waals surface area (Å²) in [6.45, 7) is 0. The fourth-order valence-electron chi connectivity index (χ4n) is 12.3. The molecule has 11 aromatic carbocycles. The summed E-state index contributed by atoms with van der Waals surface area (Å²) in [5.41, 5.74) is 12.1. The van der Waals surface area contributed by atoms with E-state index >= 15 is 13.2 Å². The molecule has 0 N–H and O–H groups in total. The molecular weight excluding hydrogens is 970 g/mol. The van der Waals surface area contributed by atoms with E-state index in [0.29, 0.717) is 22.4 Å². The van der Waals surface area contributed by atoms with Gasteiger partial charge in [0.05, 0.1) is 78.6 Å². The number of benzene rings is 11. The highest BCUT2D eigenvalue weighted by Crippen LogP contribution is 2.45. The van der Waals surface area contributed by atoms with E-state index in [2.05, 4.69) is 182 Å². The van der Waals surface area contributed by atoms with E-state index in [1.165, 1.54) is 22.9 Å². The molecule has 78 heavy (non-hydrogen) atoms. The van der Waals surface area contributed by atoms with Gasteiger partial charge in [-0.1, -0.05) is 121 Å². The number of rotatable bonds is 6. The molecule has 0 aliphatic carbocycles. The molecule has 366 valence electrons. The number of nitrogens with zero attached hydrogens (tertiary/aromatic N) is 6. The molecule has 0 aliphatic heterocycles. The Morgan fingerprint density at radius 2 is 0.705 bits per heavy atom. The van der Waals surface area contributed by atoms with Gasteiger partial charge in [0.25, 0.3) is 0 Å². The second-order valence-corrected chi connectivity index (χ2v) is 19.8. The lowest BCUT2D eigenvalue weighted by molar-refractivity contribution is -0.137. The Bertz CT molecular complexity index is 5020. The number of aromatic nitrogens is 4. The van der Waals surface area contributed by atoms with Crippen LogP contribution < -0.4 is 0 Å². The maximum absolute atomic E-state index is 15.1. The van der Waals surface area contributed by atoms with Gasteiger partial charge in [-0.15, -0.1) is 0 Å². The number of alkyl halides is 3. The van der Waals surface area contributed by atoms with Crippen molar-refractivity contribution in [1.82, 2.24) is 18.3 Å². The lowest BCUT2D eigenvalue weighted by Crippen LogP contribution is -2.08. The zero-order chi connectivity index (χ0) is 52.4. The summed E-state index contributed by atoms with van der Waals surface area (Å²) in [6, 6.07) is 82.2. The first-order valence-corrected chi connectivity index (χ1v) is 25.6. The Kier molecular flexibility index (Phi) is 9.75. The minimum Gasteiger partial charge on any atom is -0.309 e. The van der Waals surface area contributed by atoms with Crippen LogP contribution in [0.5, 0.6) is 0 Å². The lowest BCUT2D eigenvalue weighted by atomic mass is 9.91. The average molecular weight is 1010 g/mol. The second kappa shape index (κ2) is 17.0. The largest absolute Gasteiger partial charge is 0.417 e. The van der Waals surface area contributed by atoms with Crippen molar-refractivity contribution in [3.05, 3.63) is 253 Å². The van der Waals surface area contributed by atoms with Crippen molar-refractivity contribution in [3.63, 3.8) is 0 Å². The van der Waals surface area contributed by atoms with Gasteiger partial charge in [-0.3, -0.25) is 0 Å². The second-order valence-electron chi connectivity index (χ2n) is 19.8. The molecule has 6 nitrogen and oxygen atoms in total. The zero-order valence-corrected chi connectivity index (χ0v) is 41.3. The Labute approximate surface area is 443 Å². The van der Waals surface area contributed by atoms with Gasteiger partial charge in [0.15, 0.2) is 0 Å². The number of nitriles is 2. The molecule has 0 unspecified atom stereocenters. The monoisotopic (exact) mass is 1010 g/mol. The third kappa shape index (κ3) is 6.62. The highest BCUT2D eigenvalue weighted by Gasteiger charge is 2.34. The minimum absolute atomic E-state index is 0.0801. The van der Waals surface area contributed by atoms with E-state index in [4.69, 9.17) is 0 Å². The quantitative estimate of drug-likeness (QED) is 0.167.